The van der Waals surface area contributed by atoms with Crippen molar-refractivity contribution in [2.75, 3.05) is 12.4 Å². The van der Waals surface area contributed by atoms with Crippen molar-refractivity contribution in [2.45, 2.75) is 29.8 Å². The van der Waals surface area contributed by atoms with E-state index < -0.39 is 0 Å². The van der Waals surface area contributed by atoms with E-state index in [9.17, 15) is 0 Å². The molecule has 0 aliphatic heterocycles. The fraction of sp³-hybridized carbons (Fsp3) is 0.308. The molecule has 0 saturated carbocycles. The molecule has 0 saturated heterocycles. The summed E-state index contributed by atoms with van der Waals surface area (Å²) in [5.41, 5.74) is 1.10. The first-order valence-corrected chi connectivity index (χ1v) is 7.13. The molecule has 19 heavy (non-hydrogen) atoms. The minimum absolute atomic E-state index is 0.332. The van der Waals surface area contributed by atoms with Gasteiger partial charge in [-0.05, 0) is 29.8 Å². The number of hydrogen-bond acceptors (Lipinski definition) is 5. The van der Waals surface area contributed by atoms with E-state index in [1.165, 1.54) is 11.8 Å². The summed E-state index contributed by atoms with van der Waals surface area (Å²) in [4.78, 5) is 12.9. The van der Waals surface area contributed by atoms with Crippen molar-refractivity contribution in [1.29, 1.82) is 0 Å². The molecule has 0 fully saturated rings. The van der Waals surface area contributed by atoms with Crippen molar-refractivity contribution in [1.82, 2.24) is 15.0 Å². The lowest BCUT2D eigenvalue weighted by molar-refractivity contribution is 0.805. The number of nitrogens with one attached hydrogen (secondary N) is 1. The normalized spacial score (nSPS) is 10.8. The Bertz CT molecular complexity index is 557. The SMILES string of the molecule is CNc1ncnc(Sc2ccc(Cl)cn2)c1C(C)C. The summed E-state index contributed by atoms with van der Waals surface area (Å²) in [6.07, 6.45) is 3.20. The van der Waals surface area contributed by atoms with Crippen LogP contribution in [0.3, 0.4) is 0 Å². The minimum atomic E-state index is 0.332. The Labute approximate surface area is 122 Å². The summed E-state index contributed by atoms with van der Waals surface area (Å²) in [5.74, 6) is 1.19. The molecule has 2 aromatic heterocycles. The summed E-state index contributed by atoms with van der Waals surface area (Å²) in [7, 11) is 1.86. The second-order valence-electron chi connectivity index (χ2n) is 4.26. The highest BCUT2D eigenvalue weighted by Gasteiger charge is 2.15. The highest BCUT2D eigenvalue weighted by Crippen LogP contribution is 2.34. The van der Waals surface area contributed by atoms with Crippen molar-refractivity contribution in [3.63, 3.8) is 0 Å². The second kappa shape index (κ2) is 6.21. The van der Waals surface area contributed by atoms with E-state index in [-0.39, 0.29) is 0 Å². The molecule has 0 aliphatic carbocycles. The molecule has 4 nitrogen and oxygen atoms in total. The van der Waals surface area contributed by atoms with Gasteiger partial charge in [0.25, 0.3) is 0 Å². The number of hydrogen-bond donors (Lipinski definition) is 1. The van der Waals surface area contributed by atoms with Crippen LogP contribution in [-0.2, 0) is 0 Å². The molecule has 2 rings (SSSR count). The second-order valence-corrected chi connectivity index (χ2v) is 5.71. The van der Waals surface area contributed by atoms with Crippen molar-refractivity contribution in [3.05, 3.63) is 35.2 Å². The average Bonchev–Trinajstić information content (AvgIpc) is 2.40. The Kier molecular flexibility index (Phi) is 4.61. The van der Waals surface area contributed by atoms with Gasteiger partial charge in [-0.25, -0.2) is 15.0 Å². The number of pyridine rings is 1. The third-order valence-corrected chi connectivity index (χ3v) is 3.76. The van der Waals surface area contributed by atoms with Crippen LogP contribution in [-0.4, -0.2) is 22.0 Å². The minimum Gasteiger partial charge on any atom is -0.373 e. The molecule has 0 aromatic carbocycles. The predicted octanol–water partition coefficient (Wildman–Crippen LogP) is 3.84. The molecule has 0 atom stereocenters. The molecular weight excluding hydrogens is 280 g/mol. The molecule has 0 amide bonds. The molecule has 0 spiro atoms. The third kappa shape index (κ3) is 3.36. The van der Waals surface area contributed by atoms with E-state index in [1.807, 2.05) is 19.2 Å². The van der Waals surface area contributed by atoms with E-state index in [4.69, 9.17) is 11.6 Å². The van der Waals surface area contributed by atoms with Crippen LogP contribution in [0.15, 0.2) is 34.7 Å². The molecule has 0 unspecified atom stereocenters. The molecule has 0 aliphatic rings. The number of rotatable bonds is 4. The van der Waals surface area contributed by atoms with E-state index >= 15 is 0 Å². The van der Waals surface area contributed by atoms with Crippen LogP contribution in [0.5, 0.6) is 0 Å². The third-order valence-electron chi connectivity index (χ3n) is 2.56. The fourth-order valence-corrected chi connectivity index (χ4v) is 2.80. The van der Waals surface area contributed by atoms with Gasteiger partial charge in [0.15, 0.2) is 0 Å². The van der Waals surface area contributed by atoms with Crippen LogP contribution < -0.4 is 5.32 Å². The first kappa shape index (κ1) is 14.1. The molecule has 100 valence electrons. The Morgan fingerprint density at radius 3 is 2.58 bits per heavy atom. The summed E-state index contributed by atoms with van der Waals surface area (Å²) in [5, 5.41) is 5.53. The largest absolute Gasteiger partial charge is 0.373 e. The van der Waals surface area contributed by atoms with E-state index in [1.54, 1.807) is 12.5 Å². The van der Waals surface area contributed by atoms with Crippen LogP contribution in [0.1, 0.15) is 25.3 Å². The average molecular weight is 295 g/mol. The van der Waals surface area contributed by atoms with Gasteiger partial charge < -0.3 is 5.32 Å². The highest BCUT2D eigenvalue weighted by molar-refractivity contribution is 7.99. The van der Waals surface area contributed by atoms with Crippen LogP contribution in [0.25, 0.3) is 0 Å². The molecule has 6 heteroatoms. The zero-order chi connectivity index (χ0) is 13.8. The molecule has 2 heterocycles. The van der Waals surface area contributed by atoms with Crippen molar-refractivity contribution >= 4 is 29.2 Å². The predicted molar refractivity (Wildman–Crippen MR) is 79.0 cm³/mol. The van der Waals surface area contributed by atoms with Crippen molar-refractivity contribution in [3.8, 4) is 0 Å². The number of nitrogens with zero attached hydrogens (tertiary/aromatic N) is 3. The Hall–Kier alpha value is -1.33. The maximum Gasteiger partial charge on any atom is 0.133 e. The van der Waals surface area contributed by atoms with Crippen LogP contribution >= 0.6 is 23.4 Å². The van der Waals surface area contributed by atoms with Gasteiger partial charge in [0.05, 0.1) is 5.02 Å². The highest BCUT2D eigenvalue weighted by atomic mass is 35.5. The molecule has 0 bridgehead atoms. The van der Waals surface area contributed by atoms with Gasteiger partial charge in [-0.1, -0.05) is 25.4 Å². The molecule has 0 radical (unpaired) electrons. The smallest absolute Gasteiger partial charge is 0.133 e. The van der Waals surface area contributed by atoms with Gasteiger partial charge in [0, 0.05) is 18.8 Å². The van der Waals surface area contributed by atoms with Crippen LogP contribution in [0.2, 0.25) is 5.02 Å². The summed E-state index contributed by atoms with van der Waals surface area (Å²) < 4.78 is 0. The van der Waals surface area contributed by atoms with Crippen molar-refractivity contribution in [2.24, 2.45) is 0 Å². The van der Waals surface area contributed by atoms with Gasteiger partial charge >= 0.3 is 0 Å². The van der Waals surface area contributed by atoms with Gasteiger partial charge in [-0.15, -0.1) is 0 Å². The molecular formula is C13H15ClN4S. The zero-order valence-corrected chi connectivity index (χ0v) is 12.6. The zero-order valence-electron chi connectivity index (χ0n) is 11.0. The number of anilines is 1. The maximum absolute atomic E-state index is 5.84. The standard InChI is InChI=1S/C13H15ClN4S/c1-8(2)11-12(15-3)17-7-18-13(11)19-10-5-4-9(14)6-16-10/h4-8H,1-3H3,(H,15,17,18). The molecule has 1 N–H and O–H groups in total. The van der Waals surface area contributed by atoms with E-state index in [2.05, 4.69) is 34.1 Å². The Morgan fingerprint density at radius 2 is 2.00 bits per heavy atom. The lowest BCUT2D eigenvalue weighted by Crippen LogP contribution is -2.04. The lowest BCUT2D eigenvalue weighted by Gasteiger charge is -2.14. The van der Waals surface area contributed by atoms with Gasteiger partial charge in [-0.3, -0.25) is 0 Å². The van der Waals surface area contributed by atoms with Crippen molar-refractivity contribution < 1.29 is 0 Å². The number of halogens is 1. The monoisotopic (exact) mass is 294 g/mol. The summed E-state index contributed by atoms with van der Waals surface area (Å²) in [6.45, 7) is 4.25. The summed E-state index contributed by atoms with van der Waals surface area (Å²) in [6, 6.07) is 3.71. The van der Waals surface area contributed by atoms with E-state index in [0.717, 1.165) is 21.4 Å². The van der Waals surface area contributed by atoms with E-state index in [0.29, 0.717) is 10.9 Å². The van der Waals surface area contributed by atoms with Crippen LogP contribution in [0, 0.1) is 0 Å². The Balaban J connectivity index is 2.36. The number of aromatic nitrogens is 3. The lowest BCUT2D eigenvalue weighted by atomic mass is 10.1. The first-order chi connectivity index (χ1) is 9.11. The Morgan fingerprint density at radius 1 is 1.21 bits per heavy atom. The summed E-state index contributed by atoms with van der Waals surface area (Å²) >= 11 is 7.36. The fourth-order valence-electron chi connectivity index (χ4n) is 1.70. The van der Waals surface area contributed by atoms with Crippen LogP contribution in [0.4, 0.5) is 5.82 Å². The first-order valence-electron chi connectivity index (χ1n) is 5.94. The topological polar surface area (TPSA) is 50.7 Å². The van der Waals surface area contributed by atoms with Gasteiger partial charge in [0.2, 0.25) is 0 Å². The van der Waals surface area contributed by atoms with Gasteiger partial charge in [0.1, 0.15) is 22.2 Å². The maximum atomic E-state index is 5.84. The quantitative estimate of drug-likeness (QED) is 0.868. The molecule has 2 aromatic rings. The van der Waals surface area contributed by atoms with Gasteiger partial charge in [-0.2, -0.15) is 0 Å².